The van der Waals surface area contributed by atoms with Crippen LogP contribution in [-0.2, 0) is 26.3 Å². The van der Waals surface area contributed by atoms with Crippen LogP contribution < -0.4 is 0 Å². The van der Waals surface area contributed by atoms with E-state index < -0.39 is 0 Å². The quantitative estimate of drug-likeness (QED) is 0.864. The molecule has 1 heterocycles. The fourth-order valence-corrected chi connectivity index (χ4v) is 3.35. The molecule has 2 rings (SSSR count). The summed E-state index contributed by atoms with van der Waals surface area (Å²) in [6.45, 7) is 4.18. The van der Waals surface area contributed by atoms with E-state index >= 15 is 0 Å². The molecule has 0 aliphatic carbocycles. The number of nitrogens with zero attached hydrogens (tertiary/aromatic N) is 2. The lowest BCUT2D eigenvalue weighted by Gasteiger charge is -2.11. The maximum Gasteiger partial charge on any atom is 0.0766 e. The summed E-state index contributed by atoms with van der Waals surface area (Å²) in [5, 5.41) is 14.8. The number of aliphatic hydroxyl groups excluding tert-OH is 1. The van der Waals surface area contributed by atoms with E-state index in [2.05, 4.69) is 59.1 Å². The Kier molecular flexibility index (Phi) is 5.59. The molecule has 21 heavy (non-hydrogen) atoms. The molecule has 1 N–H and O–H groups in total. The summed E-state index contributed by atoms with van der Waals surface area (Å²) in [6.07, 6.45) is 2.85. The number of aromatic nitrogens is 2. The lowest BCUT2D eigenvalue weighted by Crippen LogP contribution is -2.14. The Labute approximate surface area is 135 Å². The molecule has 3 nitrogen and oxygen atoms in total. The van der Waals surface area contributed by atoms with E-state index in [1.165, 1.54) is 11.1 Å². The van der Waals surface area contributed by atoms with Gasteiger partial charge in [-0.05, 0) is 47.7 Å². The van der Waals surface area contributed by atoms with E-state index in [9.17, 15) is 5.11 Å². The minimum Gasteiger partial charge on any atom is -0.393 e. The molecule has 0 amide bonds. The van der Waals surface area contributed by atoms with E-state index in [0.717, 1.165) is 35.1 Å². The third kappa shape index (κ3) is 4.17. The molecule has 4 heteroatoms. The minimum absolute atomic E-state index is 0.345. The molecule has 1 aromatic carbocycles. The van der Waals surface area contributed by atoms with E-state index in [1.54, 1.807) is 0 Å². The summed E-state index contributed by atoms with van der Waals surface area (Å²) in [5.41, 5.74) is 4.68. The average Bonchev–Trinajstić information content (AvgIpc) is 2.72. The third-order valence-electron chi connectivity index (χ3n) is 3.78. The fourth-order valence-electron chi connectivity index (χ4n) is 2.57. The molecule has 114 valence electrons. The Morgan fingerprint density at radius 1 is 1.38 bits per heavy atom. The van der Waals surface area contributed by atoms with Gasteiger partial charge in [0.2, 0.25) is 0 Å². The molecule has 1 aromatic heterocycles. The van der Waals surface area contributed by atoms with Gasteiger partial charge in [-0.15, -0.1) is 0 Å². The number of aryl methyl sites for hydroxylation is 4. The highest BCUT2D eigenvalue weighted by Crippen LogP contribution is 2.23. The first-order valence-corrected chi connectivity index (χ1v) is 8.24. The van der Waals surface area contributed by atoms with Crippen LogP contribution in [0.5, 0.6) is 0 Å². The Bertz CT molecular complexity index is 607. The van der Waals surface area contributed by atoms with Gasteiger partial charge in [0.1, 0.15) is 0 Å². The number of hydrogen-bond acceptors (Lipinski definition) is 2. The Hall–Kier alpha value is -1.13. The molecule has 0 aliphatic rings. The monoisotopic (exact) mass is 350 g/mol. The summed E-state index contributed by atoms with van der Waals surface area (Å²) < 4.78 is 2.92. The van der Waals surface area contributed by atoms with Crippen LogP contribution in [0.4, 0.5) is 0 Å². The smallest absolute Gasteiger partial charge is 0.0766 e. The van der Waals surface area contributed by atoms with Gasteiger partial charge in [0.05, 0.1) is 22.0 Å². The number of halogens is 1. The zero-order chi connectivity index (χ0) is 15.4. The van der Waals surface area contributed by atoms with Crippen LogP contribution in [0.3, 0.4) is 0 Å². The van der Waals surface area contributed by atoms with Gasteiger partial charge in [0.15, 0.2) is 0 Å². The van der Waals surface area contributed by atoms with Crippen LogP contribution in [0.15, 0.2) is 28.7 Å². The predicted molar refractivity (Wildman–Crippen MR) is 89.5 cm³/mol. The van der Waals surface area contributed by atoms with Crippen LogP contribution in [0, 0.1) is 6.92 Å². The Balaban J connectivity index is 1.96. The van der Waals surface area contributed by atoms with Crippen molar-refractivity contribution in [3.8, 4) is 0 Å². The summed E-state index contributed by atoms with van der Waals surface area (Å²) in [6, 6.07) is 8.47. The molecule has 2 aromatic rings. The van der Waals surface area contributed by atoms with E-state index in [0.29, 0.717) is 6.42 Å². The Morgan fingerprint density at radius 2 is 2.14 bits per heavy atom. The highest BCUT2D eigenvalue weighted by molar-refractivity contribution is 9.10. The summed E-state index contributed by atoms with van der Waals surface area (Å²) in [4.78, 5) is 0. The number of benzene rings is 1. The van der Waals surface area contributed by atoms with Gasteiger partial charge in [0.25, 0.3) is 0 Å². The molecule has 0 aliphatic heterocycles. The van der Waals surface area contributed by atoms with Gasteiger partial charge in [0, 0.05) is 13.5 Å². The molecule has 0 spiro atoms. The van der Waals surface area contributed by atoms with Crippen molar-refractivity contribution < 1.29 is 5.11 Å². The molecule has 1 unspecified atom stereocenters. The number of aliphatic hydroxyl groups is 1. The SMILES string of the molecule is CCc1nn(C)c(CC(O)CCc2cccc(C)c2)c1Br. The van der Waals surface area contributed by atoms with Crippen molar-refractivity contribution >= 4 is 15.9 Å². The summed E-state index contributed by atoms with van der Waals surface area (Å²) in [7, 11) is 1.94. The van der Waals surface area contributed by atoms with Crippen LogP contribution in [0.1, 0.15) is 35.9 Å². The third-order valence-corrected chi connectivity index (χ3v) is 4.70. The lowest BCUT2D eigenvalue weighted by molar-refractivity contribution is 0.162. The highest BCUT2D eigenvalue weighted by Gasteiger charge is 2.16. The van der Waals surface area contributed by atoms with Crippen molar-refractivity contribution in [2.75, 3.05) is 0 Å². The highest BCUT2D eigenvalue weighted by atomic mass is 79.9. The normalized spacial score (nSPS) is 12.6. The first-order valence-electron chi connectivity index (χ1n) is 7.45. The number of hydrogen-bond donors (Lipinski definition) is 1. The average molecular weight is 351 g/mol. The van der Waals surface area contributed by atoms with Gasteiger partial charge in [-0.25, -0.2) is 0 Å². The second-order valence-corrected chi connectivity index (χ2v) is 6.36. The first-order chi connectivity index (χ1) is 10.0. The minimum atomic E-state index is -0.345. The topological polar surface area (TPSA) is 38.0 Å². The van der Waals surface area contributed by atoms with Gasteiger partial charge in [-0.3, -0.25) is 4.68 Å². The van der Waals surface area contributed by atoms with Crippen LogP contribution in [0.2, 0.25) is 0 Å². The van der Waals surface area contributed by atoms with Crippen molar-refractivity contribution in [2.45, 2.75) is 45.6 Å². The van der Waals surface area contributed by atoms with Gasteiger partial charge in [-0.1, -0.05) is 36.8 Å². The molecule has 0 radical (unpaired) electrons. The molecular formula is C17H23BrN2O. The summed E-state index contributed by atoms with van der Waals surface area (Å²) in [5.74, 6) is 0. The van der Waals surface area contributed by atoms with Gasteiger partial charge in [-0.2, -0.15) is 5.10 Å². The largest absolute Gasteiger partial charge is 0.393 e. The second kappa shape index (κ2) is 7.23. The number of rotatable bonds is 6. The van der Waals surface area contributed by atoms with Crippen LogP contribution >= 0.6 is 15.9 Å². The molecule has 0 saturated carbocycles. The van der Waals surface area contributed by atoms with Gasteiger partial charge < -0.3 is 5.11 Å². The maximum absolute atomic E-state index is 10.3. The van der Waals surface area contributed by atoms with Gasteiger partial charge >= 0.3 is 0 Å². The molecule has 0 saturated heterocycles. The van der Waals surface area contributed by atoms with E-state index in [4.69, 9.17) is 0 Å². The zero-order valence-corrected chi connectivity index (χ0v) is 14.5. The summed E-state index contributed by atoms with van der Waals surface area (Å²) >= 11 is 3.60. The maximum atomic E-state index is 10.3. The fraction of sp³-hybridized carbons (Fsp3) is 0.471. The van der Waals surface area contributed by atoms with Crippen molar-refractivity contribution in [3.05, 3.63) is 51.3 Å². The molecule has 0 bridgehead atoms. The molecule has 1 atom stereocenters. The van der Waals surface area contributed by atoms with E-state index in [1.807, 2.05) is 11.7 Å². The lowest BCUT2D eigenvalue weighted by atomic mass is 10.0. The van der Waals surface area contributed by atoms with E-state index in [-0.39, 0.29) is 6.10 Å². The van der Waals surface area contributed by atoms with Crippen molar-refractivity contribution in [3.63, 3.8) is 0 Å². The van der Waals surface area contributed by atoms with Crippen molar-refractivity contribution in [1.82, 2.24) is 9.78 Å². The second-order valence-electron chi connectivity index (χ2n) is 5.57. The Morgan fingerprint density at radius 3 is 2.76 bits per heavy atom. The zero-order valence-electron chi connectivity index (χ0n) is 12.9. The van der Waals surface area contributed by atoms with Crippen molar-refractivity contribution in [1.29, 1.82) is 0 Å². The predicted octanol–water partition coefficient (Wildman–Crippen LogP) is 3.59. The van der Waals surface area contributed by atoms with Crippen LogP contribution in [0.25, 0.3) is 0 Å². The standard InChI is InChI=1S/C17H23BrN2O/c1-4-15-17(18)16(20(3)19-15)11-14(21)9-8-13-7-5-6-12(2)10-13/h5-7,10,14,21H,4,8-9,11H2,1-3H3. The molecule has 0 fully saturated rings. The molecular weight excluding hydrogens is 328 g/mol. The van der Waals surface area contributed by atoms with Crippen molar-refractivity contribution in [2.24, 2.45) is 7.05 Å². The first kappa shape index (κ1) is 16.2. The van der Waals surface area contributed by atoms with Crippen LogP contribution in [-0.4, -0.2) is 21.0 Å².